The van der Waals surface area contributed by atoms with Crippen molar-refractivity contribution in [3.8, 4) is 5.75 Å². The van der Waals surface area contributed by atoms with Gasteiger partial charge in [-0.15, -0.1) is 0 Å². The van der Waals surface area contributed by atoms with E-state index in [9.17, 15) is 14.0 Å². The van der Waals surface area contributed by atoms with Gasteiger partial charge in [0.15, 0.2) is 5.78 Å². The van der Waals surface area contributed by atoms with Crippen molar-refractivity contribution < 1.29 is 18.7 Å². The molecule has 0 unspecified atom stereocenters. The summed E-state index contributed by atoms with van der Waals surface area (Å²) in [5, 5.41) is 2.78. The summed E-state index contributed by atoms with van der Waals surface area (Å²) in [4.78, 5) is 23.8. The van der Waals surface area contributed by atoms with Crippen molar-refractivity contribution in [3.63, 3.8) is 0 Å². The van der Waals surface area contributed by atoms with E-state index < -0.39 is 0 Å². The fourth-order valence-corrected chi connectivity index (χ4v) is 2.25. The number of ketones is 1. The van der Waals surface area contributed by atoms with E-state index in [1.807, 2.05) is 38.1 Å². The van der Waals surface area contributed by atoms with Gasteiger partial charge in [0.2, 0.25) is 5.91 Å². The van der Waals surface area contributed by atoms with Crippen molar-refractivity contribution in [2.24, 2.45) is 0 Å². The van der Waals surface area contributed by atoms with E-state index in [0.717, 1.165) is 11.3 Å². The monoisotopic (exact) mass is 343 g/mol. The number of hydrogen-bond acceptors (Lipinski definition) is 3. The van der Waals surface area contributed by atoms with Gasteiger partial charge in [0.1, 0.15) is 11.6 Å². The Morgan fingerprint density at radius 2 is 1.64 bits per heavy atom. The normalized spacial score (nSPS) is 10.6. The Kier molecular flexibility index (Phi) is 6.69. The maximum absolute atomic E-state index is 12.8. The van der Waals surface area contributed by atoms with Gasteiger partial charge in [-0.3, -0.25) is 9.59 Å². The number of benzene rings is 2. The van der Waals surface area contributed by atoms with Gasteiger partial charge in [-0.25, -0.2) is 4.39 Å². The molecular formula is C20H22FNO3. The molecule has 1 N–H and O–H groups in total. The minimum atomic E-state index is -0.390. The fourth-order valence-electron chi connectivity index (χ4n) is 2.25. The summed E-state index contributed by atoms with van der Waals surface area (Å²) in [6, 6.07) is 12.8. The summed E-state index contributed by atoms with van der Waals surface area (Å²) in [6.45, 7) is 4.31. The zero-order valence-corrected chi connectivity index (χ0v) is 14.4. The van der Waals surface area contributed by atoms with Crippen molar-refractivity contribution in [2.45, 2.75) is 39.3 Å². The van der Waals surface area contributed by atoms with Crippen molar-refractivity contribution >= 4 is 11.7 Å². The summed E-state index contributed by atoms with van der Waals surface area (Å²) < 4.78 is 18.4. The zero-order valence-electron chi connectivity index (χ0n) is 14.4. The Morgan fingerprint density at radius 1 is 1.00 bits per heavy atom. The summed E-state index contributed by atoms with van der Waals surface area (Å²) in [6.07, 6.45) is 0.313. The van der Waals surface area contributed by atoms with Crippen LogP contribution < -0.4 is 10.1 Å². The number of rotatable bonds is 8. The van der Waals surface area contributed by atoms with Gasteiger partial charge in [-0.2, -0.15) is 0 Å². The molecule has 0 saturated heterocycles. The second kappa shape index (κ2) is 8.97. The maximum Gasteiger partial charge on any atom is 0.220 e. The molecule has 0 saturated carbocycles. The summed E-state index contributed by atoms with van der Waals surface area (Å²) in [5.41, 5.74) is 1.37. The fraction of sp³-hybridized carbons (Fsp3) is 0.300. The Bertz CT molecular complexity index is 709. The number of nitrogens with one attached hydrogen (secondary N) is 1. The van der Waals surface area contributed by atoms with E-state index in [1.165, 1.54) is 24.3 Å². The number of Topliss-reactive ketones (excluding diaryl/α,β-unsaturated/α-hetero) is 1. The minimum absolute atomic E-state index is 0.0959. The molecule has 25 heavy (non-hydrogen) atoms. The topological polar surface area (TPSA) is 55.4 Å². The van der Waals surface area contributed by atoms with Crippen LogP contribution in [0.3, 0.4) is 0 Å². The second-order valence-electron chi connectivity index (χ2n) is 6.02. The number of ether oxygens (including phenoxy) is 1. The maximum atomic E-state index is 12.8. The van der Waals surface area contributed by atoms with Crippen LogP contribution in [0.25, 0.3) is 0 Å². The molecule has 132 valence electrons. The van der Waals surface area contributed by atoms with Crippen molar-refractivity contribution in [1.82, 2.24) is 5.32 Å². The third-order valence-corrected chi connectivity index (χ3v) is 3.53. The molecule has 0 atom stereocenters. The van der Waals surface area contributed by atoms with E-state index in [-0.39, 0.29) is 36.5 Å². The first kappa shape index (κ1) is 18.6. The highest BCUT2D eigenvalue weighted by Gasteiger charge is 2.09. The van der Waals surface area contributed by atoms with Crippen LogP contribution in [0.4, 0.5) is 4.39 Å². The molecule has 0 aliphatic heterocycles. The highest BCUT2D eigenvalue weighted by molar-refractivity contribution is 5.97. The lowest BCUT2D eigenvalue weighted by molar-refractivity contribution is -0.121. The summed E-state index contributed by atoms with van der Waals surface area (Å²) >= 11 is 0. The molecule has 0 bridgehead atoms. The minimum Gasteiger partial charge on any atom is -0.491 e. The van der Waals surface area contributed by atoms with E-state index in [2.05, 4.69) is 5.32 Å². The van der Waals surface area contributed by atoms with Gasteiger partial charge in [-0.05, 0) is 55.8 Å². The Morgan fingerprint density at radius 3 is 2.24 bits per heavy atom. The predicted octanol–water partition coefficient (Wildman–Crippen LogP) is 3.89. The first-order valence-corrected chi connectivity index (χ1v) is 8.25. The molecule has 0 aliphatic rings. The van der Waals surface area contributed by atoms with Crippen molar-refractivity contribution in [2.75, 3.05) is 0 Å². The first-order valence-electron chi connectivity index (χ1n) is 8.25. The van der Waals surface area contributed by atoms with Gasteiger partial charge in [0.25, 0.3) is 0 Å². The number of carbonyl (C=O) groups is 2. The first-order chi connectivity index (χ1) is 11.9. The van der Waals surface area contributed by atoms with E-state index >= 15 is 0 Å². The van der Waals surface area contributed by atoms with Crippen molar-refractivity contribution in [1.29, 1.82) is 0 Å². The summed E-state index contributed by atoms with van der Waals surface area (Å²) in [5.74, 6) is 0.0254. The van der Waals surface area contributed by atoms with Crippen LogP contribution in [0.1, 0.15) is 42.6 Å². The molecule has 0 radical (unpaired) electrons. The van der Waals surface area contributed by atoms with E-state index in [0.29, 0.717) is 12.1 Å². The number of halogens is 1. The van der Waals surface area contributed by atoms with Gasteiger partial charge in [0, 0.05) is 24.9 Å². The summed E-state index contributed by atoms with van der Waals surface area (Å²) in [7, 11) is 0. The van der Waals surface area contributed by atoms with Gasteiger partial charge in [0.05, 0.1) is 6.10 Å². The molecule has 5 heteroatoms. The van der Waals surface area contributed by atoms with Gasteiger partial charge < -0.3 is 10.1 Å². The van der Waals surface area contributed by atoms with E-state index in [4.69, 9.17) is 4.74 Å². The molecule has 2 aromatic carbocycles. The Labute approximate surface area is 147 Å². The molecular weight excluding hydrogens is 321 g/mol. The lowest BCUT2D eigenvalue weighted by atomic mass is 10.1. The lowest BCUT2D eigenvalue weighted by Crippen LogP contribution is -2.23. The second-order valence-corrected chi connectivity index (χ2v) is 6.02. The molecule has 0 fully saturated rings. The Hall–Kier alpha value is -2.69. The molecule has 0 spiro atoms. The van der Waals surface area contributed by atoms with Crippen LogP contribution in [-0.4, -0.2) is 17.8 Å². The average Bonchev–Trinajstić information content (AvgIpc) is 2.59. The molecule has 4 nitrogen and oxygen atoms in total. The largest absolute Gasteiger partial charge is 0.491 e. The molecule has 0 aromatic heterocycles. The van der Waals surface area contributed by atoms with Crippen LogP contribution in [0.15, 0.2) is 48.5 Å². The highest BCUT2D eigenvalue weighted by Crippen LogP contribution is 2.14. The van der Waals surface area contributed by atoms with Crippen LogP contribution in [0.5, 0.6) is 5.75 Å². The highest BCUT2D eigenvalue weighted by atomic mass is 19.1. The van der Waals surface area contributed by atoms with Gasteiger partial charge in [-0.1, -0.05) is 12.1 Å². The average molecular weight is 343 g/mol. The smallest absolute Gasteiger partial charge is 0.220 e. The molecule has 0 aliphatic carbocycles. The third kappa shape index (κ3) is 6.37. The zero-order chi connectivity index (χ0) is 18.2. The number of hydrogen-bond donors (Lipinski definition) is 1. The Balaban J connectivity index is 1.75. The predicted molar refractivity (Wildman–Crippen MR) is 94.0 cm³/mol. The number of carbonyl (C=O) groups excluding carboxylic acids is 2. The molecule has 0 heterocycles. The van der Waals surface area contributed by atoms with E-state index in [1.54, 1.807) is 0 Å². The molecule has 1 amide bonds. The lowest BCUT2D eigenvalue weighted by Gasteiger charge is -2.10. The van der Waals surface area contributed by atoms with Crippen LogP contribution >= 0.6 is 0 Å². The molecule has 2 rings (SSSR count). The number of amides is 1. The SMILES string of the molecule is CC(C)Oc1ccc(CNC(=O)CCC(=O)c2ccc(F)cc2)cc1. The standard InChI is InChI=1S/C20H22FNO3/c1-14(2)25-18-9-3-15(4-10-18)13-22-20(24)12-11-19(23)16-5-7-17(21)8-6-16/h3-10,14H,11-13H2,1-2H3,(H,22,24). The third-order valence-electron chi connectivity index (χ3n) is 3.53. The van der Waals surface area contributed by atoms with Gasteiger partial charge >= 0.3 is 0 Å². The van der Waals surface area contributed by atoms with Crippen LogP contribution in [-0.2, 0) is 11.3 Å². The van der Waals surface area contributed by atoms with Crippen LogP contribution in [0.2, 0.25) is 0 Å². The van der Waals surface area contributed by atoms with Crippen LogP contribution in [0, 0.1) is 5.82 Å². The molecule has 2 aromatic rings. The quantitative estimate of drug-likeness (QED) is 0.740. The van der Waals surface area contributed by atoms with Crippen molar-refractivity contribution in [3.05, 3.63) is 65.5 Å².